The first-order valence-corrected chi connectivity index (χ1v) is 9.14. The van der Waals surface area contributed by atoms with Crippen LogP contribution in [0.25, 0.3) is 0 Å². The summed E-state index contributed by atoms with van der Waals surface area (Å²) in [5.74, 6) is 1.82. The fourth-order valence-corrected chi connectivity index (χ4v) is 5.72. The summed E-state index contributed by atoms with van der Waals surface area (Å²) in [5.41, 5.74) is 2.01. The second-order valence-corrected chi connectivity index (χ2v) is 7.90. The van der Waals surface area contributed by atoms with Gasteiger partial charge in [0, 0.05) is 29.4 Å². The summed E-state index contributed by atoms with van der Waals surface area (Å²) in [5, 5.41) is 10.9. The molecule has 1 saturated carbocycles. The third-order valence-electron chi connectivity index (χ3n) is 7.00. The van der Waals surface area contributed by atoms with E-state index >= 15 is 0 Å². The smallest absolute Gasteiger partial charge is 0.161 e. The van der Waals surface area contributed by atoms with E-state index in [1.54, 1.807) is 7.11 Å². The normalized spacial score (nSPS) is 35.3. The first-order chi connectivity index (χ1) is 11.5. The Balaban J connectivity index is 1.91. The van der Waals surface area contributed by atoms with E-state index in [1.165, 1.54) is 5.56 Å². The first kappa shape index (κ1) is 15.9. The van der Waals surface area contributed by atoms with Crippen molar-refractivity contribution in [3.05, 3.63) is 23.3 Å². The van der Waals surface area contributed by atoms with Crippen molar-refractivity contribution in [2.24, 2.45) is 11.8 Å². The molecule has 24 heavy (non-hydrogen) atoms. The largest absolute Gasteiger partial charge is 0.504 e. The van der Waals surface area contributed by atoms with Gasteiger partial charge in [-0.2, -0.15) is 0 Å². The number of ether oxygens (including phenoxy) is 1. The van der Waals surface area contributed by atoms with Gasteiger partial charge in [0.05, 0.1) is 7.11 Å². The molecule has 4 heteroatoms. The van der Waals surface area contributed by atoms with Gasteiger partial charge in [0.25, 0.3) is 0 Å². The van der Waals surface area contributed by atoms with Gasteiger partial charge in [-0.3, -0.25) is 4.79 Å². The Morgan fingerprint density at radius 3 is 2.92 bits per heavy atom. The predicted molar refractivity (Wildman–Crippen MR) is 92.6 cm³/mol. The van der Waals surface area contributed by atoms with Crippen LogP contribution in [0.5, 0.6) is 11.5 Å². The van der Waals surface area contributed by atoms with Gasteiger partial charge in [-0.05, 0) is 56.8 Å². The van der Waals surface area contributed by atoms with Crippen LogP contribution in [0.4, 0.5) is 0 Å². The van der Waals surface area contributed by atoms with E-state index in [0.29, 0.717) is 29.9 Å². The zero-order valence-electron chi connectivity index (χ0n) is 14.8. The third kappa shape index (κ3) is 1.98. The summed E-state index contributed by atoms with van der Waals surface area (Å²) in [6.45, 7) is 3.11. The number of phenols is 1. The van der Waals surface area contributed by atoms with Gasteiger partial charge >= 0.3 is 0 Å². The fraction of sp³-hybridized carbons (Fsp3) is 0.650. The minimum absolute atomic E-state index is 0.187. The maximum atomic E-state index is 12.8. The summed E-state index contributed by atoms with van der Waals surface area (Å²) in [7, 11) is 3.80. The molecule has 0 radical (unpaired) electrons. The molecule has 1 heterocycles. The highest BCUT2D eigenvalue weighted by molar-refractivity contribution is 5.84. The lowest BCUT2D eigenvalue weighted by molar-refractivity contribution is -0.133. The van der Waals surface area contributed by atoms with Gasteiger partial charge < -0.3 is 14.7 Å². The summed E-state index contributed by atoms with van der Waals surface area (Å²) in [6, 6.07) is 4.43. The molecule has 0 amide bonds. The van der Waals surface area contributed by atoms with Crippen LogP contribution in [0.3, 0.4) is 0 Å². The maximum absolute atomic E-state index is 12.8. The number of benzene rings is 1. The van der Waals surface area contributed by atoms with Crippen molar-refractivity contribution in [1.29, 1.82) is 0 Å². The van der Waals surface area contributed by atoms with Gasteiger partial charge in [-0.25, -0.2) is 0 Å². The summed E-state index contributed by atoms with van der Waals surface area (Å²) in [6.07, 6.45) is 4.37. The highest BCUT2D eigenvalue weighted by atomic mass is 16.5. The molecule has 4 nitrogen and oxygen atoms in total. The Labute approximate surface area is 143 Å². The number of aromatic hydroxyl groups is 1. The summed E-state index contributed by atoms with van der Waals surface area (Å²) >= 11 is 0. The number of phenolic OH excluding ortho intramolecular Hbond substituents is 1. The van der Waals surface area contributed by atoms with Crippen molar-refractivity contribution < 1.29 is 14.6 Å². The second-order valence-electron chi connectivity index (χ2n) is 7.90. The van der Waals surface area contributed by atoms with Crippen LogP contribution < -0.4 is 4.74 Å². The lowest BCUT2D eigenvalue weighted by atomic mass is 9.50. The molecule has 2 fully saturated rings. The number of Topliss-reactive ketones (excluding diaryl/α,β-unsaturated/α-hetero) is 1. The summed E-state index contributed by atoms with van der Waals surface area (Å²) in [4.78, 5) is 15.3. The maximum Gasteiger partial charge on any atom is 0.161 e. The Morgan fingerprint density at radius 1 is 1.42 bits per heavy atom. The van der Waals surface area contributed by atoms with Crippen LogP contribution in [0.1, 0.15) is 43.7 Å². The number of methoxy groups -OCH3 is 1. The molecule has 4 atom stereocenters. The molecule has 3 aliphatic rings. The predicted octanol–water partition coefficient (Wildman–Crippen LogP) is 2.90. The Bertz CT molecular complexity index is 686. The Hall–Kier alpha value is -1.55. The second kappa shape index (κ2) is 5.48. The van der Waals surface area contributed by atoms with E-state index in [0.717, 1.165) is 37.8 Å². The highest BCUT2D eigenvalue weighted by Gasteiger charge is 2.57. The van der Waals surface area contributed by atoms with Crippen LogP contribution in [0.2, 0.25) is 0 Å². The van der Waals surface area contributed by atoms with Crippen molar-refractivity contribution >= 4 is 5.78 Å². The first-order valence-electron chi connectivity index (χ1n) is 9.14. The molecule has 1 aromatic carbocycles. The molecule has 1 N–H and O–H groups in total. The Morgan fingerprint density at radius 2 is 2.21 bits per heavy atom. The Kier molecular flexibility index (Phi) is 3.64. The molecule has 1 aliphatic heterocycles. The number of likely N-dealkylation sites (tertiary alicyclic amines) is 1. The quantitative estimate of drug-likeness (QED) is 0.906. The lowest BCUT2D eigenvalue weighted by Gasteiger charge is -2.59. The number of nitrogens with zero attached hydrogens (tertiary/aromatic N) is 1. The highest BCUT2D eigenvalue weighted by Crippen LogP contribution is 2.59. The van der Waals surface area contributed by atoms with Crippen molar-refractivity contribution in [1.82, 2.24) is 4.90 Å². The van der Waals surface area contributed by atoms with Crippen molar-refractivity contribution in [2.45, 2.75) is 50.5 Å². The molecular weight excluding hydrogens is 302 g/mol. The van der Waals surface area contributed by atoms with Gasteiger partial charge in [-0.1, -0.05) is 13.0 Å². The molecule has 4 rings (SSSR count). The average Bonchev–Trinajstić information content (AvgIpc) is 2.57. The number of carbonyl (C=O) groups is 1. The van der Waals surface area contributed by atoms with Crippen molar-refractivity contribution in [2.75, 3.05) is 20.7 Å². The lowest BCUT2D eigenvalue weighted by Crippen LogP contribution is -2.62. The van der Waals surface area contributed by atoms with Gasteiger partial charge in [-0.15, -0.1) is 0 Å². The zero-order valence-corrected chi connectivity index (χ0v) is 14.8. The molecule has 130 valence electrons. The molecule has 1 saturated heterocycles. The molecule has 2 aliphatic carbocycles. The SMILES string of the molecule is CC[C@@H]1C[C@@H]2[C@@H]3Cc4ccc(OC)c(O)c4[C@@]2(CCN3C)CC1=O. The van der Waals surface area contributed by atoms with E-state index < -0.39 is 0 Å². The number of fused-ring (bicyclic) bond motifs is 1. The topological polar surface area (TPSA) is 49.8 Å². The van der Waals surface area contributed by atoms with E-state index in [2.05, 4.69) is 24.9 Å². The van der Waals surface area contributed by atoms with Crippen molar-refractivity contribution in [3.63, 3.8) is 0 Å². The number of carbonyl (C=O) groups excluding carboxylic acids is 1. The number of ketones is 1. The van der Waals surface area contributed by atoms with E-state index in [-0.39, 0.29) is 17.1 Å². The zero-order chi connectivity index (χ0) is 17.1. The standard InChI is InChI=1S/C20H27NO3/c1-4-12-9-14-15-10-13-5-6-17(24-3)19(23)18(13)20(14,11-16(12)22)7-8-21(15)2/h5-6,12,14-15,23H,4,7-11H2,1-3H3/t12-,14-,15+,20+/m1/s1. The molecule has 1 aromatic rings. The van der Waals surface area contributed by atoms with Gasteiger partial charge in [0.15, 0.2) is 11.5 Å². The number of hydrogen-bond acceptors (Lipinski definition) is 4. The number of piperidine rings is 1. The van der Waals surface area contributed by atoms with Crippen LogP contribution in [0.15, 0.2) is 12.1 Å². The van der Waals surface area contributed by atoms with E-state index in [1.807, 2.05) is 6.07 Å². The summed E-state index contributed by atoms with van der Waals surface area (Å²) < 4.78 is 5.37. The van der Waals surface area contributed by atoms with Crippen molar-refractivity contribution in [3.8, 4) is 11.5 Å². The fourth-order valence-electron chi connectivity index (χ4n) is 5.72. The van der Waals surface area contributed by atoms with Crippen LogP contribution >= 0.6 is 0 Å². The number of hydrogen-bond donors (Lipinski definition) is 1. The van der Waals surface area contributed by atoms with Gasteiger partial charge in [0.2, 0.25) is 0 Å². The van der Waals surface area contributed by atoms with Crippen LogP contribution in [-0.4, -0.2) is 42.5 Å². The van der Waals surface area contributed by atoms with E-state index in [4.69, 9.17) is 4.74 Å². The van der Waals surface area contributed by atoms with Crippen LogP contribution in [0, 0.1) is 11.8 Å². The van der Waals surface area contributed by atoms with E-state index in [9.17, 15) is 9.90 Å². The molecule has 2 bridgehead atoms. The molecule has 0 aromatic heterocycles. The minimum Gasteiger partial charge on any atom is -0.504 e. The third-order valence-corrected chi connectivity index (χ3v) is 7.00. The van der Waals surface area contributed by atoms with Crippen LogP contribution in [-0.2, 0) is 16.6 Å². The molecule has 0 unspecified atom stereocenters. The average molecular weight is 329 g/mol. The van der Waals surface area contributed by atoms with Gasteiger partial charge in [0.1, 0.15) is 5.78 Å². The molecule has 0 spiro atoms. The monoisotopic (exact) mass is 329 g/mol. The number of rotatable bonds is 2. The number of likely N-dealkylation sites (N-methyl/N-ethyl adjacent to an activating group) is 1. The minimum atomic E-state index is -0.202. The molecular formula is C20H27NO3.